The van der Waals surface area contributed by atoms with Crippen molar-refractivity contribution in [3.05, 3.63) is 0 Å². The molecule has 0 amide bonds. The first-order valence-corrected chi connectivity index (χ1v) is 6.00. The Kier molecular flexibility index (Phi) is 9.90. The number of carbonyl (C=O) groups excluding carboxylic acids is 1. The molecule has 0 unspecified atom stereocenters. The second-order valence-corrected chi connectivity index (χ2v) is 5.16. The van der Waals surface area contributed by atoms with E-state index < -0.39 is 15.9 Å². The summed E-state index contributed by atoms with van der Waals surface area (Å²) in [5.41, 5.74) is 0. The normalized spacial score (nSPS) is 9.42. The number of hydrogen-bond acceptors (Lipinski definition) is 4. The maximum Gasteiger partial charge on any atom is 0.711 e. The van der Waals surface area contributed by atoms with Gasteiger partial charge in [-0.1, -0.05) is 13.3 Å². The zero-order valence-corrected chi connectivity index (χ0v) is 11.1. The Morgan fingerprint density at radius 1 is 1.58 bits per heavy atom. The summed E-state index contributed by atoms with van der Waals surface area (Å²) in [4.78, 5) is 10.8. The molecule has 0 aromatic heterocycles. The lowest BCUT2D eigenvalue weighted by Gasteiger charge is -2.04. The van der Waals surface area contributed by atoms with Crippen LogP contribution in [0.2, 0.25) is 0 Å². The monoisotopic (exact) mass is 204 g/mol. The predicted molar refractivity (Wildman–Crippen MR) is 48.6 cm³/mol. The van der Waals surface area contributed by atoms with Gasteiger partial charge in [0.25, 0.3) is 5.97 Å². The molecule has 0 saturated carbocycles. The summed E-state index contributed by atoms with van der Waals surface area (Å²) in [6.45, 7) is 2.77. The van der Waals surface area contributed by atoms with Crippen LogP contribution in [0.4, 0.5) is 0 Å². The minimum Gasteiger partial charge on any atom is -0.612 e. The summed E-state index contributed by atoms with van der Waals surface area (Å²) in [6.07, 6.45) is 2.06. The van der Waals surface area contributed by atoms with Gasteiger partial charge >= 0.3 is 32.5 Å². The molecular weight excluding hydrogens is 190 g/mol. The average molecular weight is 204 g/mol. The summed E-state index contributed by atoms with van der Waals surface area (Å²) in [6, 6.07) is 0. The molecule has 0 heterocycles. The first-order valence-electron chi connectivity index (χ1n) is 4.03. The number of carbonyl (C=O) groups is 1. The molecule has 0 aromatic rings. The van der Waals surface area contributed by atoms with Gasteiger partial charge in [0.2, 0.25) is 0 Å². The van der Waals surface area contributed by atoms with E-state index in [4.69, 9.17) is 11.4 Å². The standard InChI is InChI=1S/C6H12O3.2Al.O.3H/c1-2-3-4-9-5-6(7)8;;;;;;/h2-5H2,1H3,(H,7,8);;;;;;/q;;+1;;;;/p-1. The van der Waals surface area contributed by atoms with Gasteiger partial charge in [0.05, 0.1) is 0 Å². The van der Waals surface area contributed by atoms with Gasteiger partial charge in [0.1, 0.15) is 6.61 Å². The van der Waals surface area contributed by atoms with Gasteiger partial charge in [-0.15, -0.1) is 0 Å². The van der Waals surface area contributed by atoms with Gasteiger partial charge in [-0.25, -0.2) is 0 Å². The summed E-state index contributed by atoms with van der Waals surface area (Å²) in [5.74, 6) is -0.298. The van der Waals surface area contributed by atoms with Gasteiger partial charge in [-0.05, 0) is 6.42 Å². The Balaban J connectivity index is 3.08. The van der Waals surface area contributed by atoms with Gasteiger partial charge < -0.3 is 11.4 Å². The summed E-state index contributed by atoms with van der Waals surface area (Å²) < 4.78 is 14.6. The second kappa shape index (κ2) is 9.54. The molecule has 12 heavy (non-hydrogen) atoms. The van der Waals surface area contributed by atoms with Crippen LogP contribution in [0, 0.1) is 0 Å². The number of unbranched alkanes of at least 4 members (excludes halogenated alkanes) is 1. The molecule has 0 radical (unpaired) electrons. The Hall–Kier alpha value is 0.455. The van der Waals surface area contributed by atoms with Crippen molar-refractivity contribution in [1.29, 1.82) is 0 Å². The quantitative estimate of drug-likeness (QED) is 0.401. The molecule has 0 aromatic carbocycles. The molecule has 0 atom stereocenters. The van der Waals surface area contributed by atoms with E-state index in [2.05, 4.69) is 6.92 Å². The molecule has 0 N–H and O–H groups in total. The average Bonchev–Trinajstić information content (AvgIpc) is 2.09. The summed E-state index contributed by atoms with van der Waals surface area (Å²) >= 11 is -0.389. The van der Waals surface area contributed by atoms with E-state index in [1.54, 1.807) is 0 Å². The minimum absolute atomic E-state index is 0.0674. The molecule has 0 saturated heterocycles. The molecule has 0 bridgehead atoms. The molecule has 0 rings (SSSR count). The number of hydrogen-bond donors (Lipinski definition) is 0. The Bertz CT molecular complexity index is 120. The van der Waals surface area contributed by atoms with E-state index >= 15 is 0 Å². The van der Waals surface area contributed by atoms with Gasteiger partial charge in [-0.2, -0.15) is 0 Å². The maximum absolute atomic E-state index is 10.8. The Morgan fingerprint density at radius 2 is 2.33 bits per heavy atom. The van der Waals surface area contributed by atoms with Crippen LogP contribution in [0.1, 0.15) is 19.8 Å². The highest BCUT2D eigenvalue weighted by Crippen LogP contribution is 1.88. The SMILES string of the molecule is CCCCOCC(=O)[O][AlH][O][AlH2]. The molecule has 68 valence electrons. The molecular formula is C6H14Al2O4. The third-order valence-corrected chi connectivity index (χ3v) is 2.58. The van der Waals surface area contributed by atoms with Crippen LogP contribution < -0.4 is 0 Å². The summed E-state index contributed by atoms with van der Waals surface area (Å²) in [5, 5.41) is 0. The van der Waals surface area contributed by atoms with Gasteiger partial charge in [0, 0.05) is 6.61 Å². The molecule has 6 heteroatoms. The number of ether oxygens (including phenoxy) is 1. The van der Waals surface area contributed by atoms with Crippen LogP contribution in [0.5, 0.6) is 0 Å². The van der Waals surface area contributed by atoms with Crippen LogP contribution in [-0.4, -0.2) is 51.7 Å². The third kappa shape index (κ3) is 8.55. The van der Waals surface area contributed by atoms with Crippen molar-refractivity contribution in [2.24, 2.45) is 0 Å². The van der Waals surface area contributed by atoms with Crippen LogP contribution in [-0.2, 0) is 16.2 Å². The zero-order valence-electron chi connectivity index (χ0n) is 7.67. The van der Waals surface area contributed by atoms with Crippen molar-refractivity contribution in [2.75, 3.05) is 13.2 Å². The molecule has 0 spiro atoms. The van der Waals surface area contributed by atoms with Crippen molar-refractivity contribution in [3.63, 3.8) is 0 Å². The van der Waals surface area contributed by atoms with Crippen molar-refractivity contribution >= 4 is 38.5 Å². The second-order valence-electron chi connectivity index (χ2n) is 2.33. The smallest absolute Gasteiger partial charge is 0.612 e. The van der Waals surface area contributed by atoms with E-state index in [9.17, 15) is 4.79 Å². The fourth-order valence-corrected chi connectivity index (χ4v) is 1.25. The van der Waals surface area contributed by atoms with E-state index in [1.165, 1.54) is 0 Å². The van der Waals surface area contributed by atoms with E-state index in [-0.39, 0.29) is 12.6 Å². The lowest BCUT2D eigenvalue weighted by Crippen LogP contribution is -2.16. The Morgan fingerprint density at radius 3 is 2.92 bits per heavy atom. The van der Waals surface area contributed by atoms with Crippen molar-refractivity contribution in [3.8, 4) is 0 Å². The van der Waals surface area contributed by atoms with Crippen molar-refractivity contribution in [1.82, 2.24) is 0 Å². The first-order chi connectivity index (χ1) is 5.81. The fraction of sp³-hybridized carbons (Fsp3) is 0.833. The highest BCUT2D eigenvalue weighted by molar-refractivity contribution is 6.30. The highest BCUT2D eigenvalue weighted by atomic mass is 27.2. The first kappa shape index (κ1) is 12.5. The van der Waals surface area contributed by atoms with Crippen LogP contribution >= 0.6 is 0 Å². The molecule has 4 nitrogen and oxygen atoms in total. The third-order valence-electron chi connectivity index (χ3n) is 1.20. The van der Waals surface area contributed by atoms with Gasteiger partial charge in [-0.3, -0.25) is 4.79 Å². The zero-order chi connectivity index (χ0) is 9.23. The van der Waals surface area contributed by atoms with Crippen LogP contribution in [0.15, 0.2) is 0 Å². The largest absolute Gasteiger partial charge is 0.711 e. The molecule has 0 aliphatic rings. The highest BCUT2D eigenvalue weighted by Gasteiger charge is 2.03. The minimum atomic E-state index is -1.03. The Labute approximate surface area is 87.7 Å². The van der Waals surface area contributed by atoms with E-state index in [0.29, 0.717) is 23.2 Å². The van der Waals surface area contributed by atoms with Crippen molar-refractivity contribution in [2.45, 2.75) is 19.8 Å². The van der Waals surface area contributed by atoms with E-state index in [1.807, 2.05) is 0 Å². The molecule has 0 fully saturated rings. The molecule has 0 aliphatic carbocycles. The van der Waals surface area contributed by atoms with Gasteiger partial charge in [0.15, 0.2) is 0 Å². The van der Waals surface area contributed by atoms with Crippen LogP contribution in [0.3, 0.4) is 0 Å². The van der Waals surface area contributed by atoms with Crippen molar-refractivity contribution < 1.29 is 16.2 Å². The molecule has 0 aliphatic heterocycles. The lowest BCUT2D eigenvalue weighted by atomic mass is 10.4. The van der Waals surface area contributed by atoms with Crippen LogP contribution in [0.25, 0.3) is 0 Å². The predicted octanol–water partition coefficient (Wildman–Crippen LogP) is -0.822. The topological polar surface area (TPSA) is 44.8 Å². The van der Waals surface area contributed by atoms with E-state index in [0.717, 1.165) is 12.8 Å². The summed E-state index contributed by atoms with van der Waals surface area (Å²) in [7, 11) is 0. The maximum atomic E-state index is 10.8. The lowest BCUT2D eigenvalue weighted by molar-refractivity contribution is -0.140. The number of rotatable bonds is 7. The fourth-order valence-electron chi connectivity index (χ4n) is 0.568.